The molecule has 5 heteroatoms. The van der Waals surface area contributed by atoms with Crippen LogP contribution in [0.2, 0.25) is 0 Å². The molecule has 3 rings (SSSR count). The number of likely N-dealkylation sites (N-methyl/N-ethyl adjacent to an activating group) is 1. The predicted octanol–water partition coefficient (Wildman–Crippen LogP) is 2.70. The SMILES string of the molecule is Cc1ccc(C)c(C(C)NCc2cnc(N3CCN(C)CC3)nc2)c1. The maximum Gasteiger partial charge on any atom is 0.225 e. The van der Waals surface area contributed by atoms with Crippen LogP contribution in [-0.4, -0.2) is 48.1 Å². The first-order valence-electron chi connectivity index (χ1n) is 9.08. The summed E-state index contributed by atoms with van der Waals surface area (Å²) in [5, 5.41) is 3.59. The normalized spacial score (nSPS) is 16.9. The van der Waals surface area contributed by atoms with Crippen molar-refractivity contribution in [3.63, 3.8) is 0 Å². The van der Waals surface area contributed by atoms with Crippen molar-refractivity contribution in [1.82, 2.24) is 20.2 Å². The summed E-state index contributed by atoms with van der Waals surface area (Å²) >= 11 is 0. The largest absolute Gasteiger partial charge is 0.338 e. The summed E-state index contributed by atoms with van der Waals surface area (Å²) < 4.78 is 0. The van der Waals surface area contributed by atoms with Gasteiger partial charge in [-0.3, -0.25) is 0 Å². The van der Waals surface area contributed by atoms with Crippen LogP contribution in [0.3, 0.4) is 0 Å². The van der Waals surface area contributed by atoms with Crippen molar-refractivity contribution < 1.29 is 0 Å². The molecule has 0 amide bonds. The van der Waals surface area contributed by atoms with E-state index in [1.807, 2.05) is 12.4 Å². The van der Waals surface area contributed by atoms with Crippen molar-refractivity contribution in [1.29, 1.82) is 0 Å². The zero-order valence-corrected chi connectivity index (χ0v) is 15.8. The van der Waals surface area contributed by atoms with E-state index in [4.69, 9.17) is 0 Å². The second-order valence-corrected chi connectivity index (χ2v) is 7.14. The van der Waals surface area contributed by atoms with Gasteiger partial charge in [0, 0.05) is 56.7 Å². The van der Waals surface area contributed by atoms with Crippen LogP contribution in [-0.2, 0) is 6.54 Å². The van der Waals surface area contributed by atoms with Crippen molar-refractivity contribution in [3.05, 3.63) is 52.8 Å². The molecule has 0 aliphatic carbocycles. The average Bonchev–Trinajstić information content (AvgIpc) is 2.63. The lowest BCUT2D eigenvalue weighted by Crippen LogP contribution is -2.45. The summed E-state index contributed by atoms with van der Waals surface area (Å²) in [6.07, 6.45) is 3.90. The van der Waals surface area contributed by atoms with Gasteiger partial charge in [0.15, 0.2) is 0 Å². The van der Waals surface area contributed by atoms with E-state index in [-0.39, 0.29) is 0 Å². The first kappa shape index (κ1) is 17.8. The molecule has 134 valence electrons. The lowest BCUT2D eigenvalue weighted by Gasteiger charge is -2.32. The fourth-order valence-electron chi connectivity index (χ4n) is 3.22. The highest BCUT2D eigenvalue weighted by molar-refractivity contribution is 5.33. The van der Waals surface area contributed by atoms with Gasteiger partial charge in [-0.25, -0.2) is 9.97 Å². The minimum Gasteiger partial charge on any atom is -0.338 e. The van der Waals surface area contributed by atoms with Gasteiger partial charge in [-0.2, -0.15) is 0 Å². The Labute approximate surface area is 151 Å². The quantitative estimate of drug-likeness (QED) is 0.907. The Balaban J connectivity index is 1.57. The Morgan fingerprint density at radius 3 is 2.44 bits per heavy atom. The Bertz CT molecular complexity index is 690. The third-order valence-electron chi connectivity index (χ3n) is 4.99. The number of hydrogen-bond donors (Lipinski definition) is 1. The standard InChI is InChI=1S/C20H29N5/c1-15-5-6-16(2)19(11-15)17(3)21-12-18-13-22-20(23-14-18)25-9-7-24(4)8-10-25/h5-6,11,13-14,17,21H,7-10,12H2,1-4H3. The number of hydrogen-bond acceptors (Lipinski definition) is 5. The number of nitrogens with one attached hydrogen (secondary N) is 1. The lowest BCUT2D eigenvalue weighted by molar-refractivity contribution is 0.311. The molecule has 25 heavy (non-hydrogen) atoms. The molecule has 2 aromatic rings. The van der Waals surface area contributed by atoms with E-state index in [1.165, 1.54) is 16.7 Å². The molecule has 0 radical (unpaired) electrons. The number of aromatic nitrogens is 2. The Hall–Kier alpha value is -1.98. The second-order valence-electron chi connectivity index (χ2n) is 7.14. The monoisotopic (exact) mass is 339 g/mol. The summed E-state index contributed by atoms with van der Waals surface area (Å²) in [5.41, 5.74) is 5.10. The summed E-state index contributed by atoms with van der Waals surface area (Å²) in [4.78, 5) is 13.7. The van der Waals surface area contributed by atoms with E-state index in [2.05, 4.69) is 71.1 Å². The van der Waals surface area contributed by atoms with E-state index in [0.717, 1.165) is 44.2 Å². The van der Waals surface area contributed by atoms with Crippen molar-refractivity contribution in [2.75, 3.05) is 38.1 Å². The molecule has 1 aromatic carbocycles. The van der Waals surface area contributed by atoms with Crippen LogP contribution in [0.15, 0.2) is 30.6 Å². The highest BCUT2D eigenvalue weighted by Gasteiger charge is 2.16. The van der Waals surface area contributed by atoms with E-state index >= 15 is 0 Å². The maximum atomic E-state index is 4.57. The molecule has 1 N–H and O–H groups in total. The minimum absolute atomic E-state index is 0.303. The fourth-order valence-corrected chi connectivity index (χ4v) is 3.22. The molecular weight excluding hydrogens is 310 g/mol. The number of piperazine rings is 1. The second kappa shape index (κ2) is 7.93. The highest BCUT2D eigenvalue weighted by Crippen LogP contribution is 2.19. The van der Waals surface area contributed by atoms with Gasteiger partial charge in [0.1, 0.15) is 0 Å². The molecule has 1 unspecified atom stereocenters. The van der Waals surface area contributed by atoms with E-state index in [0.29, 0.717) is 6.04 Å². The third-order valence-corrected chi connectivity index (χ3v) is 4.99. The highest BCUT2D eigenvalue weighted by atomic mass is 15.3. The summed E-state index contributed by atoms with van der Waals surface area (Å²) in [5.74, 6) is 0.847. The summed E-state index contributed by atoms with van der Waals surface area (Å²) in [6, 6.07) is 6.92. The molecular formula is C20H29N5. The molecule has 1 aliphatic heterocycles. The molecule has 1 atom stereocenters. The first-order valence-corrected chi connectivity index (χ1v) is 9.08. The van der Waals surface area contributed by atoms with Gasteiger partial charge in [0.05, 0.1) is 0 Å². The van der Waals surface area contributed by atoms with Crippen molar-refractivity contribution in [2.24, 2.45) is 0 Å². The van der Waals surface area contributed by atoms with E-state index < -0.39 is 0 Å². The average molecular weight is 339 g/mol. The van der Waals surface area contributed by atoms with Gasteiger partial charge in [-0.05, 0) is 38.9 Å². The van der Waals surface area contributed by atoms with Crippen LogP contribution in [0.25, 0.3) is 0 Å². The van der Waals surface area contributed by atoms with Crippen LogP contribution in [0.1, 0.15) is 35.2 Å². The molecule has 0 spiro atoms. The molecule has 1 aliphatic rings. The Morgan fingerprint density at radius 1 is 1.08 bits per heavy atom. The number of nitrogens with zero attached hydrogens (tertiary/aromatic N) is 4. The van der Waals surface area contributed by atoms with Crippen molar-refractivity contribution >= 4 is 5.95 Å². The summed E-state index contributed by atoms with van der Waals surface area (Å²) in [6.45, 7) is 11.4. The number of aryl methyl sites for hydroxylation is 2. The molecule has 2 heterocycles. The third kappa shape index (κ3) is 4.55. The van der Waals surface area contributed by atoms with Crippen LogP contribution < -0.4 is 10.2 Å². The van der Waals surface area contributed by atoms with Crippen LogP contribution in [0.4, 0.5) is 5.95 Å². The molecule has 0 saturated carbocycles. The lowest BCUT2D eigenvalue weighted by atomic mass is 10.00. The Kier molecular flexibility index (Phi) is 5.66. The van der Waals surface area contributed by atoms with Crippen LogP contribution in [0, 0.1) is 13.8 Å². The van der Waals surface area contributed by atoms with E-state index in [9.17, 15) is 0 Å². The molecule has 0 bridgehead atoms. The van der Waals surface area contributed by atoms with Gasteiger partial charge in [-0.15, -0.1) is 0 Å². The number of rotatable bonds is 5. The van der Waals surface area contributed by atoms with Gasteiger partial charge in [0.25, 0.3) is 0 Å². The zero-order chi connectivity index (χ0) is 17.8. The first-order chi connectivity index (χ1) is 12.0. The number of benzene rings is 1. The predicted molar refractivity (Wildman–Crippen MR) is 103 cm³/mol. The minimum atomic E-state index is 0.303. The van der Waals surface area contributed by atoms with Crippen molar-refractivity contribution in [3.8, 4) is 0 Å². The van der Waals surface area contributed by atoms with Gasteiger partial charge in [0.2, 0.25) is 5.95 Å². The Morgan fingerprint density at radius 2 is 1.76 bits per heavy atom. The smallest absolute Gasteiger partial charge is 0.225 e. The van der Waals surface area contributed by atoms with Gasteiger partial charge >= 0.3 is 0 Å². The van der Waals surface area contributed by atoms with Gasteiger partial charge < -0.3 is 15.1 Å². The van der Waals surface area contributed by atoms with Crippen LogP contribution in [0.5, 0.6) is 0 Å². The topological polar surface area (TPSA) is 44.3 Å². The van der Waals surface area contributed by atoms with E-state index in [1.54, 1.807) is 0 Å². The zero-order valence-electron chi connectivity index (χ0n) is 15.8. The molecule has 1 saturated heterocycles. The van der Waals surface area contributed by atoms with Gasteiger partial charge in [-0.1, -0.05) is 23.8 Å². The summed E-state index contributed by atoms with van der Waals surface area (Å²) in [7, 11) is 2.16. The van der Waals surface area contributed by atoms with Crippen LogP contribution >= 0.6 is 0 Å². The van der Waals surface area contributed by atoms with Crippen molar-refractivity contribution in [2.45, 2.75) is 33.4 Å². The molecule has 1 aromatic heterocycles. The fraction of sp³-hybridized carbons (Fsp3) is 0.500. The molecule has 5 nitrogen and oxygen atoms in total. The molecule has 1 fully saturated rings. The number of anilines is 1. The maximum absolute atomic E-state index is 4.57.